The van der Waals surface area contributed by atoms with Crippen LogP contribution < -0.4 is 10.1 Å². The number of nitrogens with one attached hydrogen (secondary N) is 1. The molecule has 9 heteroatoms. The number of ether oxygens (including phenoxy) is 1. The van der Waals surface area contributed by atoms with Crippen molar-refractivity contribution in [3.8, 4) is 5.75 Å². The third-order valence-electron chi connectivity index (χ3n) is 10.1. The lowest BCUT2D eigenvalue weighted by atomic mass is 9.75. The van der Waals surface area contributed by atoms with E-state index in [4.69, 9.17) is 9.16 Å². The topological polar surface area (TPSA) is 68.1 Å². The van der Waals surface area contributed by atoms with Gasteiger partial charge in [0.05, 0.1) is 27.9 Å². The summed E-state index contributed by atoms with van der Waals surface area (Å²) in [6.45, 7) is 23.4. The highest BCUT2D eigenvalue weighted by Crippen LogP contribution is 2.46. The van der Waals surface area contributed by atoms with Crippen molar-refractivity contribution in [1.82, 2.24) is 19.6 Å². The minimum Gasteiger partial charge on any atom is -0.484 e. The highest BCUT2D eigenvalue weighted by atomic mass is 32.2. The maximum Gasteiger partial charge on any atom is 0.258 e. The van der Waals surface area contributed by atoms with Crippen LogP contribution in [0.15, 0.2) is 34.3 Å². The van der Waals surface area contributed by atoms with Crippen LogP contribution in [0.5, 0.6) is 5.75 Å². The van der Waals surface area contributed by atoms with Gasteiger partial charge < -0.3 is 19.4 Å². The Balaban J connectivity index is 1.09. The van der Waals surface area contributed by atoms with Crippen LogP contribution in [-0.2, 0) is 21.1 Å². The summed E-state index contributed by atoms with van der Waals surface area (Å²) in [5.41, 5.74) is 8.34. The maximum absolute atomic E-state index is 13.3. The van der Waals surface area contributed by atoms with Crippen molar-refractivity contribution in [3.63, 3.8) is 0 Å². The molecule has 1 aromatic carbocycles. The van der Waals surface area contributed by atoms with Gasteiger partial charge in [-0.15, -0.1) is 0 Å². The number of benzene rings is 1. The quantitative estimate of drug-likeness (QED) is 0.287. The van der Waals surface area contributed by atoms with E-state index >= 15 is 0 Å². The van der Waals surface area contributed by atoms with E-state index in [1.165, 1.54) is 39.6 Å². The van der Waals surface area contributed by atoms with Gasteiger partial charge in [0.2, 0.25) is 0 Å². The van der Waals surface area contributed by atoms with Gasteiger partial charge in [0, 0.05) is 44.1 Å². The zero-order valence-electron chi connectivity index (χ0n) is 28.5. The fourth-order valence-corrected chi connectivity index (χ4v) is 9.70. The van der Waals surface area contributed by atoms with E-state index in [-0.39, 0.29) is 29.1 Å². The summed E-state index contributed by atoms with van der Waals surface area (Å²) in [6.07, 6.45) is 7.56. The molecule has 2 aromatic heterocycles. The molecule has 0 aliphatic carbocycles. The first-order valence-corrected chi connectivity index (χ1v) is 20.2. The van der Waals surface area contributed by atoms with E-state index in [1.807, 2.05) is 30.5 Å². The van der Waals surface area contributed by atoms with Gasteiger partial charge in [0.1, 0.15) is 17.0 Å². The first-order chi connectivity index (χ1) is 21.2. The molecule has 3 aromatic rings. The Morgan fingerprint density at radius 3 is 2.58 bits per heavy atom. The number of hydrogen-bond donors (Lipinski definition) is 1. The van der Waals surface area contributed by atoms with E-state index in [0.29, 0.717) is 0 Å². The number of piperidine rings is 1. The number of amides is 1. The van der Waals surface area contributed by atoms with Gasteiger partial charge in [-0.25, -0.2) is 4.98 Å². The molecule has 1 fully saturated rings. The van der Waals surface area contributed by atoms with Gasteiger partial charge in [-0.05, 0) is 99.5 Å². The van der Waals surface area contributed by atoms with E-state index in [2.05, 4.69) is 81.2 Å². The molecule has 45 heavy (non-hydrogen) atoms. The predicted octanol–water partition coefficient (Wildman–Crippen LogP) is 6.74. The second-order valence-electron chi connectivity index (χ2n) is 14.8. The van der Waals surface area contributed by atoms with Crippen molar-refractivity contribution in [1.29, 1.82) is 0 Å². The normalized spacial score (nSPS) is 22.4. The number of likely N-dealkylation sites (tertiary alicyclic amines) is 1. The van der Waals surface area contributed by atoms with Crippen LogP contribution in [0, 0.1) is 20.8 Å². The molecule has 242 valence electrons. The van der Waals surface area contributed by atoms with Gasteiger partial charge in [-0.3, -0.25) is 9.20 Å². The van der Waals surface area contributed by atoms with E-state index < -0.39 is 9.04 Å². The van der Waals surface area contributed by atoms with Gasteiger partial charge in [0.25, 0.3) is 5.91 Å². The number of pyridine rings is 1. The third-order valence-corrected chi connectivity index (χ3v) is 12.0. The average Bonchev–Trinajstić information content (AvgIpc) is 3.40. The Kier molecular flexibility index (Phi) is 8.78. The van der Waals surface area contributed by atoms with E-state index in [0.717, 1.165) is 72.3 Å². The molecule has 7 nitrogen and oxygen atoms in total. The number of hydrogen-bond acceptors (Lipinski definition) is 6. The predicted molar refractivity (Wildman–Crippen MR) is 187 cm³/mol. The fraction of sp³-hybridized carbons (Fsp3) is 0.556. The number of aromatic nitrogens is 2. The van der Waals surface area contributed by atoms with Crippen LogP contribution in [0.3, 0.4) is 0 Å². The summed E-state index contributed by atoms with van der Waals surface area (Å²) in [7, 11) is -1.29. The number of carbonyl (C=O) groups excluding carboxylic acids is 1. The number of thioether (sulfide) groups is 1. The largest absolute Gasteiger partial charge is 0.484 e. The molecule has 1 saturated heterocycles. The fourth-order valence-electron chi connectivity index (χ4n) is 7.66. The molecule has 0 spiro atoms. The highest BCUT2D eigenvalue weighted by Gasteiger charge is 2.44. The first kappa shape index (κ1) is 32.4. The van der Waals surface area contributed by atoms with Crippen LogP contribution >= 0.6 is 11.8 Å². The highest BCUT2D eigenvalue weighted by molar-refractivity contribution is 8.04. The first-order valence-electron chi connectivity index (χ1n) is 16.6. The minimum absolute atomic E-state index is 0.0121. The molecule has 2 atom stereocenters. The molecule has 3 aliphatic heterocycles. The zero-order chi connectivity index (χ0) is 32.3. The summed E-state index contributed by atoms with van der Waals surface area (Å²) < 4.78 is 15.9. The smallest absolute Gasteiger partial charge is 0.258 e. The van der Waals surface area contributed by atoms with Crippen molar-refractivity contribution in [2.24, 2.45) is 0 Å². The molecule has 6 rings (SSSR count). The SMILES string of the molecule is Cc1c(C)c(C(C)(C)C)c(C)c2c1OC(C)(CCN1CCC(NC(=O)C3=Cc4cnc5cccc(n45)S3)CC1)C(O[SiH](C)C)C2. The summed E-state index contributed by atoms with van der Waals surface area (Å²) in [4.78, 5) is 21.0. The van der Waals surface area contributed by atoms with Crippen molar-refractivity contribution in [2.75, 3.05) is 19.6 Å². The Hall–Kier alpha value is -2.59. The monoisotopic (exact) mass is 646 g/mol. The molecular formula is C36H50N4O3SSi. The van der Waals surface area contributed by atoms with E-state index in [1.54, 1.807) is 0 Å². The Morgan fingerprint density at radius 1 is 1.16 bits per heavy atom. The number of nitrogens with zero attached hydrogens (tertiary/aromatic N) is 3. The summed E-state index contributed by atoms with van der Waals surface area (Å²) in [5, 5.41) is 4.35. The van der Waals surface area contributed by atoms with Crippen LogP contribution in [0.2, 0.25) is 13.1 Å². The molecule has 0 bridgehead atoms. The standard InChI is InChI=1S/C36H50N4O3SSi/c1-22-23(2)33-27(24(3)32(22)35(4,5)6)20-29(43-45(8)9)36(7,42-33)15-18-39-16-13-25(14-17-39)38-34(41)28-19-26-21-37-30-11-10-12-31(44-28)40(26)30/h10-12,19,21,25,29,45H,13-18,20H2,1-9H3,(H,38,41). The second kappa shape index (κ2) is 12.2. The summed E-state index contributed by atoms with van der Waals surface area (Å²) in [6, 6.07) is 6.21. The lowest BCUT2D eigenvalue weighted by Gasteiger charge is -2.46. The summed E-state index contributed by atoms with van der Waals surface area (Å²) >= 11 is 1.52. The van der Waals surface area contributed by atoms with Crippen molar-refractivity contribution >= 4 is 38.4 Å². The molecule has 2 unspecified atom stereocenters. The third kappa shape index (κ3) is 6.25. The summed E-state index contributed by atoms with van der Waals surface area (Å²) in [5.74, 6) is 1.10. The van der Waals surface area contributed by atoms with Crippen LogP contribution in [0.4, 0.5) is 0 Å². The number of carbonyl (C=O) groups is 1. The lowest BCUT2D eigenvalue weighted by Crippen LogP contribution is -2.54. The van der Waals surface area contributed by atoms with E-state index in [9.17, 15) is 4.79 Å². The second-order valence-corrected chi connectivity index (χ2v) is 18.2. The van der Waals surface area contributed by atoms with Crippen LogP contribution in [0.1, 0.15) is 80.5 Å². The van der Waals surface area contributed by atoms with Crippen LogP contribution in [0.25, 0.3) is 11.7 Å². The molecule has 5 heterocycles. The van der Waals surface area contributed by atoms with Gasteiger partial charge in [-0.2, -0.15) is 0 Å². The molecule has 3 aliphatic rings. The molecule has 1 amide bonds. The Morgan fingerprint density at radius 2 is 1.89 bits per heavy atom. The molecular weight excluding hydrogens is 597 g/mol. The molecule has 1 N–H and O–H groups in total. The molecule has 0 saturated carbocycles. The van der Waals surface area contributed by atoms with Gasteiger partial charge >= 0.3 is 0 Å². The maximum atomic E-state index is 13.3. The molecule has 0 radical (unpaired) electrons. The average molecular weight is 647 g/mol. The van der Waals surface area contributed by atoms with Crippen molar-refractivity contribution < 1.29 is 14.0 Å². The zero-order valence-corrected chi connectivity index (χ0v) is 30.5. The Labute approximate surface area is 274 Å². The van der Waals surface area contributed by atoms with Crippen molar-refractivity contribution in [2.45, 2.75) is 115 Å². The Bertz CT molecular complexity index is 1650. The number of rotatable bonds is 7. The van der Waals surface area contributed by atoms with Gasteiger partial charge in [-0.1, -0.05) is 38.6 Å². The van der Waals surface area contributed by atoms with Crippen LogP contribution in [-0.4, -0.2) is 66.6 Å². The number of imidazole rings is 1. The minimum atomic E-state index is -1.29. The lowest BCUT2D eigenvalue weighted by molar-refractivity contribution is -0.117. The van der Waals surface area contributed by atoms with Gasteiger partial charge in [0.15, 0.2) is 9.04 Å². The van der Waals surface area contributed by atoms with Crippen molar-refractivity contribution in [3.05, 3.63) is 62.8 Å². The number of fused-ring (bicyclic) bond motifs is 1.